The third kappa shape index (κ3) is 2.69. The van der Waals surface area contributed by atoms with Crippen LogP contribution in [0.2, 0.25) is 0 Å². The van der Waals surface area contributed by atoms with Crippen LogP contribution in [0.15, 0.2) is 35.7 Å². The van der Waals surface area contributed by atoms with E-state index >= 15 is 0 Å². The van der Waals surface area contributed by atoms with E-state index in [0.29, 0.717) is 0 Å². The fourth-order valence-electron chi connectivity index (χ4n) is 1.44. The Labute approximate surface area is 113 Å². The van der Waals surface area contributed by atoms with E-state index in [2.05, 4.69) is 9.71 Å². The molecule has 9 nitrogen and oxygen atoms in total. The molecule has 0 saturated heterocycles. The van der Waals surface area contributed by atoms with Gasteiger partial charge in [0, 0.05) is 25.4 Å². The number of aromatic hydroxyl groups is 1. The molecule has 2 N–H and O–H groups in total. The zero-order valence-electron chi connectivity index (χ0n) is 10.2. The fourth-order valence-corrected chi connectivity index (χ4v) is 2.49. The minimum absolute atomic E-state index is 0.258. The van der Waals surface area contributed by atoms with Crippen molar-refractivity contribution < 1.29 is 18.4 Å². The van der Waals surface area contributed by atoms with Gasteiger partial charge in [0.1, 0.15) is 5.75 Å². The molecular weight excluding hydrogens is 288 g/mol. The maximum atomic E-state index is 12.0. The highest BCUT2D eigenvalue weighted by Gasteiger charge is 2.20. The summed E-state index contributed by atoms with van der Waals surface area (Å²) in [7, 11) is -2.43. The fraction of sp³-hybridized carbons (Fsp3) is 0.100. The number of nitrogens with one attached hydrogen (secondary N) is 1. The molecule has 0 aliphatic carbocycles. The number of phenolic OH excluding ortho intramolecular Hbond substituents is 1. The van der Waals surface area contributed by atoms with Crippen molar-refractivity contribution in [2.75, 3.05) is 4.72 Å². The molecule has 2 rings (SSSR count). The van der Waals surface area contributed by atoms with E-state index in [1.807, 2.05) is 0 Å². The number of rotatable bonds is 4. The molecule has 0 aliphatic heterocycles. The first-order chi connectivity index (χ1) is 9.29. The number of hydrogen-bond donors (Lipinski definition) is 2. The number of imidazole rings is 1. The molecule has 1 aromatic heterocycles. The molecule has 0 amide bonds. The van der Waals surface area contributed by atoms with Crippen molar-refractivity contribution >= 4 is 21.4 Å². The number of aromatic nitrogens is 2. The van der Waals surface area contributed by atoms with Crippen molar-refractivity contribution in [1.82, 2.24) is 9.55 Å². The first-order valence-corrected chi connectivity index (χ1v) is 6.76. The molecule has 0 bridgehead atoms. The van der Waals surface area contributed by atoms with Gasteiger partial charge >= 0.3 is 0 Å². The quantitative estimate of drug-likeness (QED) is 0.489. The van der Waals surface area contributed by atoms with Gasteiger partial charge in [0.2, 0.25) is 0 Å². The van der Waals surface area contributed by atoms with Gasteiger partial charge in [0.05, 0.1) is 16.9 Å². The molecule has 106 valence electrons. The highest BCUT2D eigenvalue weighted by molar-refractivity contribution is 7.92. The van der Waals surface area contributed by atoms with Gasteiger partial charge in [-0.2, -0.15) is 8.42 Å². The summed E-state index contributed by atoms with van der Waals surface area (Å²) in [4.78, 5) is 13.6. The smallest absolute Gasteiger partial charge is 0.281 e. The zero-order chi connectivity index (χ0) is 14.9. The zero-order valence-corrected chi connectivity index (χ0v) is 11.0. The van der Waals surface area contributed by atoms with E-state index in [1.54, 1.807) is 7.05 Å². The Balaban J connectivity index is 2.39. The third-order valence-corrected chi connectivity index (χ3v) is 3.64. The van der Waals surface area contributed by atoms with Crippen molar-refractivity contribution in [3.8, 4) is 5.75 Å². The number of anilines is 1. The number of hydrogen-bond acceptors (Lipinski definition) is 6. The first kappa shape index (κ1) is 13.8. The van der Waals surface area contributed by atoms with Gasteiger partial charge in [-0.05, 0) is 6.07 Å². The number of non-ortho nitro benzene ring substituents is 1. The molecule has 0 atom stereocenters. The van der Waals surface area contributed by atoms with Crippen molar-refractivity contribution in [3.63, 3.8) is 0 Å². The highest BCUT2D eigenvalue weighted by Crippen LogP contribution is 2.29. The number of nitro benzene ring substituents is 1. The largest absolute Gasteiger partial charge is 0.506 e. The molecule has 0 fully saturated rings. The van der Waals surface area contributed by atoms with E-state index in [-0.39, 0.29) is 16.4 Å². The Morgan fingerprint density at radius 2 is 2.15 bits per heavy atom. The normalized spacial score (nSPS) is 11.2. The van der Waals surface area contributed by atoms with Crippen LogP contribution < -0.4 is 4.72 Å². The predicted molar refractivity (Wildman–Crippen MR) is 68.8 cm³/mol. The number of nitro groups is 1. The van der Waals surface area contributed by atoms with Gasteiger partial charge in [0.15, 0.2) is 5.03 Å². The summed E-state index contributed by atoms with van der Waals surface area (Å²) >= 11 is 0. The number of benzene rings is 1. The van der Waals surface area contributed by atoms with E-state index in [1.165, 1.54) is 17.1 Å². The Morgan fingerprint density at radius 1 is 1.45 bits per heavy atom. The molecule has 1 heterocycles. The van der Waals surface area contributed by atoms with Crippen LogP contribution in [0.1, 0.15) is 0 Å². The number of aryl methyl sites for hydroxylation is 1. The van der Waals surface area contributed by atoms with E-state index < -0.39 is 20.7 Å². The van der Waals surface area contributed by atoms with Gasteiger partial charge < -0.3 is 9.67 Å². The second-order valence-electron chi connectivity index (χ2n) is 3.94. The lowest BCUT2D eigenvalue weighted by Gasteiger charge is -2.07. The predicted octanol–water partition coefficient (Wildman–Crippen LogP) is 0.835. The average Bonchev–Trinajstić information content (AvgIpc) is 2.79. The van der Waals surface area contributed by atoms with Crippen LogP contribution in [-0.2, 0) is 17.1 Å². The van der Waals surface area contributed by atoms with Crippen LogP contribution in [0.3, 0.4) is 0 Å². The minimum atomic E-state index is -4.02. The van der Waals surface area contributed by atoms with Gasteiger partial charge in [-0.25, -0.2) is 4.98 Å². The highest BCUT2D eigenvalue weighted by atomic mass is 32.2. The minimum Gasteiger partial charge on any atom is -0.506 e. The topological polar surface area (TPSA) is 127 Å². The second kappa shape index (κ2) is 4.81. The molecule has 2 aromatic rings. The lowest BCUT2D eigenvalue weighted by molar-refractivity contribution is -0.384. The van der Waals surface area contributed by atoms with Crippen molar-refractivity contribution in [3.05, 3.63) is 40.8 Å². The Morgan fingerprint density at radius 3 is 2.70 bits per heavy atom. The Hall–Kier alpha value is -2.62. The summed E-state index contributed by atoms with van der Waals surface area (Å²) < 4.78 is 27.4. The molecule has 0 spiro atoms. The molecule has 0 unspecified atom stereocenters. The van der Waals surface area contributed by atoms with Crippen LogP contribution >= 0.6 is 0 Å². The molecule has 10 heteroatoms. The van der Waals surface area contributed by atoms with Crippen LogP contribution in [-0.4, -0.2) is 28.0 Å². The number of nitrogens with zero attached hydrogens (tertiary/aromatic N) is 3. The van der Waals surface area contributed by atoms with E-state index in [9.17, 15) is 23.6 Å². The third-order valence-electron chi connectivity index (χ3n) is 2.39. The monoisotopic (exact) mass is 298 g/mol. The molecule has 0 aliphatic rings. The van der Waals surface area contributed by atoms with Crippen LogP contribution in [0.25, 0.3) is 0 Å². The molecule has 20 heavy (non-hydrogen) atoms. The summed E-state index contributed by atoms with van der Waals surface area (Å²) in [6.07, 6.45) is 2.55. The Bertz CT molecular complexity index is 768. The van der Waals surface area contributed by atoms with E-state index in [4.69, 9.17) is 0 Å². The van der Waals surface area contributed by atoms with Gasteiger partial charge in [-0.3, -0.25) is 14.8 Å². The summed E-state index contributed by atoms with van der Waals surface area (Å²) in [5, 5.41) is 19.9. The Kier molecular flexibility index (Phi) is 3.32. The SMILES string of the molecule is Cn1cnc(S(=O)(=O)Nc2cc([N+](=O)[O-])ccc2O)c1. The van der Waals surface area contributed by atoms with Crippen molar-refractivity contribution in [1.29, 1.82) is 0 Å². The van der Waals surface area contributed by atoms with Crippen molar-refractivity contribution in [2.45, 2.75) is 5.03 Å². The molecule has 0 saturated carbocycles. The summed E-state index contributed by atoms with van der Waals surface area (Å²) in [5.74, 6) is -0.421. The van der Waals surface area contributed by atoms with Crippen molar-refractivity contribution in [2.24, 2.45) is 7.05 Å². The lowest BCUT2D eigenvalue weighted by Crippen LogP contribution is -2.13. The van der Waals surface area contributed by atoms with Gasteiger partial charge in [0.25, 0.3) is 15.7 Å². The maximum Gasteiger partial charge on any atom is 0.281 e. The standard InChI is InChI=1S/C10H10N4O5S/c1-13-5-10(11-6-13)20(18,19)12-8-4-7(14(16)17)2-3-9(8)15/h2-6,12,15H,1H3. The van der Waals surface area contributed by atoms with Gasteiger partial charge in [-0.1, -0.05) is 0 Å². The second-order valence-corrected chi connectivity index (χ2v) is 5.57. The average molecular weight is 298 g/mol. The molecule has 0 radical (unpaired) electrons. The van der Waals surface area contributed by atoms with Gasteiger partial charge in [-0.15, -0.1) is 0 Å². The summed E-state index contributed by atoms with van der Waals surface area (Å²) in [6.45, 7) is 0. The van der Waals surface area contributed by atoms with Crippen LogP contribution in [0.4, 0.5) is 11.4 Å². The number of phenols is 1. The summed E-state index contributed by atoms with van der Waals surface area (Å²) in [5.41, 5.74) is -0.633. The van der Waals surface area contributed by atoms with E-state index in [0.717, 1.165) is 18.2 Å². The van der Waals surface area contributed by atoms with Crippen LogP contribution in [0, 0.1) is 10.1 Å². The lowest BCUT2D eigenvalue weighted by atomic mass is 10.2. The summed E-state index contributed by atoms with van der Waals surface area (Å²) in [6, 6.07) is 3.03. The molecular formula is C10H10N4O5S. The first-order valence-electron chi connectivity index (χ1n) is 5.28. The van der Waals surface area contributed by atoms with Crippen LogP contribution in [0.5, 0.6) is 5.75 Å². The molecule has 1 aromatic carbocycles. The maximum absolute atomic E-state index is 12.0. The number of sulfonamides is 1.